The zero-order valence-electron chi connectivity index (χ0n) is 17.9. The van der Waals surface area contributed by atoms with Crippen molar-refractivity contribution in [2.45, 2.75) is 25.3 Å². The molecule has 1 saturated heterocycles. The van der Waals surface area contributed by atoms with Gasteiger partial charge in [0.15, 0.2) is 0 Å². The van der Waals surface area contributed by atoms with E-state index in [1.54, 1.807) is 6.07 Å². The molecular weight excluding hydrogens is 482 g/mol. The Kier molecular flexibility index (Phi) is 7.79. The van der Waals surface area contributed by atoms with Gasteiger partial charge < -0.3 is 10.2 Å². The largest absolute Gasteiger partial charge is 0.364 e. The molecule has 1 aliphatic rings. The van der Waals surface area contributed by atoms with Crippen molar-refractivity contribution in [3.05, 3.63) is 98.7 Å². The summed E-state index contributed by atoms with van der Waals surface area (Å²) >= 11 is 18.8. The van der Waals surface area contributed by atoms with Crippen molar-refractivity contribution in [3.8, 4) is 0 Å². The number of nitrogens with one attached hydrogen (secondary N) is 1. The van der Waals surface area contributed by atoms with E-state index in [2.05, 4.69) is 10.2 Å². The number of rotatable bonds is 6. The van der Waals surface area contributed by atoms with Crippen LogP contribution < -0.4 is 10.2 Å². The number of nitrogens with zero attached hydrogens (tertiary/aromatic N) is 1. The van der Waals surface area contributed by atoms with Crippen LogP contribution in [0.1, 0.15) is 41.2 Å². The van der Waals surface area contributed by atoms with Crippen LogP contribution in [0, 0.1) is 11.7 Å². The molecule has 1 N–H and O–H groups in total. The number of benzene rings is 3. The molecular formula is C26H24Cl3FN2O. The molecule has 0 unspecified atom stereocenters. The van der Waals surface area contributed by atoms with E-state index in [9.17, 15) is 9.18 Å². The monoisotopic (exact) mass is 504 g/mol. The highest BCUT2D eigenvalue weighted by Crippen LogP contribution is 2.41. The van der Waals surface area contributed by atoms with Crippen molar-refractivity contribution >= 4 is 46.4 Å². The minimum Gasteiger partial charge on any atom is -0.364 e. The predicted octanol–water partition coefficient (Wildman–Crippen LogP) is 7.56. The molecule has 1 heterocycles. The van der Waals surface area contributed by atoms with Crippen LogP contribution in [0.4, 0.5) is 10.1 Å². The number of anilines is 1. The van der Waals surface area contributed by atoms with Crippen LogP contribution in [0.3, 0.4) is 0 Å². The van der Waals surface area contributed by atoms with Gasteiger partial charge in [0.05, 0.1) is 6.04 Å². The smallest absolute Gasteiger partial charge is 0.251 e. The van der Waals surface area contributed by atoms with Gasteiger partial charge in [0.25, 0.3) is 5.91 Å². The van der Waals surface area contributed by atoms with E-state index in [0.717, 1.165) is 37.1 Å². The van der Waals surface area contributed by atoms with E-state index in [1.807, 2.05) is 36.4 Å². The number of halogens is 4. The SMILES string of the molecule is O=C(NCC[C@@H]1CC[C@@H](c2ccc(Cl)cc2Cl)N(c2ccc(Cl)cc2)C1)c1ccc(F)cc1. The molecule has 0 saturated carbocycles. The summed E-state index contributed by atoms with van der Waals surface area (Å²) in [6.07, 6.45) is 2.79. The van der Waals surface area contributed by atoms with Crippen molar-refractivity contribution in [2.75, 3.05) is 18.0 Å². The van der Waals surface area contributed by atoms with Crippen molar-refractivity contribution in [3.63, 3.8) is 0 Å². The molecule has 4 rings (SSSR count). The Labute approximate surface area is 208 Å². The Morgan fingerprint density at radius 1 is 0.939 bits per heavy atom. The van der Waals surface area contributed by atoms with Crippen molar-refractivity contribution in [2.24, 2.45) is 5.92 Å². The van der Waals surface area contributed by atoms with E-state index in [1.165, 1.54) is 24.3 Å². The normalized spacial score (nSPS) is 18.2. The van der Waals surface area contributed by atoms with E-state index in [4.69, 9.17) is 34.8 Å². The van der Waals surface area contributed by atoms with Gasteiger partial charge in [-0.05, 0) is 91.4 Å². The third-order valence-electron chi connectivity index (χ3n) is 6.10. The van der Waals surface area contributed by atoms with Gasteiger partial charge in [-0.3, -0.25) is 4.79 Å². The summed E-state index contributed by atoms with van der Waals surface area (Å²) in [5.74, 6) is -0.144. The Hall–Kier alpha value is -2.27. The average Bonchev–Trinajstić information content (AvgIpc) is 2.80. The zero-order chi connectivity index (χ0) is 23.4. The number of piperidine rings is 1. The van der Waals surface area contributed by atoms with E-state index in [-0.39, 0.29) is 17.8 Å². The number of amides is 1. The fourth-order valence-corrected chi connectivity index (χ4v) is 5.05. The molecule has 0 bridgehead atoms. The van der Waals surface area contributed by atoms with Crippen LogP contribution in [0.5, 0.6) is 0 Å². The second-order valence-electron chi connectivity index (χ2n) is 8.31. The van der Waals surface area contributed by atoms with E-state index < -0.39 is 0 Å². The van der Waals surface area contributed by atoms with E-state index >= 15 is 0 Å². The standard InChI is InChI=1S/C26H24Cl3FN2O/c27-19-4-9-22(10-5-19)32-16-17(1-12-25(32)23-11-6-20(28)15-24(23)29)13-14-31-26(33)18-2-7-21(30)8-3-18/h2-11,15,17,25H,1,12-14,16H2,(H,31,33)/t17-,25-/m0/s1. The van der Waals surface area contributed by atoms with E-state index in [0.29, 0.717) is 33.1 Å². The van der Waals surface area contributed by atoms with Crippen LogP contribution in [0.25, 0.3) is 0 Å². The second kappa shape index (κ2) is 10.8. The van der Waals surface area contributed by atoms with Crippen LogP contribution >= 0.6 is 34.8 Å². The third-order valence-corrected chi connectivity index (χ3v) is 6.92. The molecule has 1 fully saturated rings. The van der Waals surface area contributed by atoms with Gasteiger partial charge in [-0.1, -0.05) is 40.9 Å². The predicted molar refractivity (Wildman–Crippen MR) is 134 cm³/mol. The summed E-state index contributed by atoms with van der Waals surface area (Å²) in [4.78, 5) is 14.7. The molecule has 0 spiro atoms. The minimum atomic E-state index is -0.355. The molecule has 3 aromatic carbocycles. The van der Waals surface area contributed by atoms with Crippen LogP contribution in [-0.4, -0.2) is 19.0 Å². The van der Waals surface area contributed by atoms with Crippen LogP contribution in [-0.2, 0) is 0 Å². The molecule has 3 nitrogen and oxygen atoms in total. The highest BCUT2D eigenvalue weighted by atomic mass is 35.5. The Bertz CT molecular complexity index is 1110. The molecule has 0 radical (unpaired) electrons. The van der Waals surface area contributed by atoms with Gasteiger partial charge >= 0.3 is 0 Å². The van der Waals surface area contributed by atoms with Gasteiger partial charge in [-0.25, -0.2) is 4.39 Å². The molecule has 0 aromatic heterocycles. The van der Waals surface area contributed by atoms with Gasteiger partial charge in [0.2, 0.25) is 0 Å². The average molecular weight is 506 g/mol. The lowest BCUT2D eigenvalue weighted by Gasteiger charge is -2.42. The number of hydrogen-bond donors (Lipinski definition) is 1. The number of hydrogen-bond acceptors (Lipinski definition) is 2. The quantitative estimate of drug-likeness (QED) is 0.375. The fraction of sp³-hybridized carbons (Fsp3) is 0.269. The number of carbonyl (C=O) groups is 1. The maximum Gasteiger partial charge on any atom is 0.251 e. The van der Waals surface area contributed by atoms with Gasteiger partial charge in [0.1, 0.15) is 5.82 Å². The zero-order valence-corrected chi connectivity index (χ0v) is 20.2. The maximum absolute atomic E-state index is 13.1. The first-order chi connectivity index (χ1) is 15.9. The maximum atomic E-state index is 13.1. The second-order valence-corrected chi connectivity index (χ2v) is 9.59. The molecule has 1 aliphatic heterocycles. The first-order valence-electron chi connectivity index (χ1n) is 10.9. The van der Waals surface area contributed by atoms with Crippen molar-refractivity contribution < 1.29 is 9.18 Å². The van der Waals surface area contributed by atoms with Crippen LogP contribution in [0.15, 0.2) is 66.7 Å². The Morgan fingerprint density at radius 3 is 2.33 bits per heavy atom. The molecule has 3 aromatic rings. The molecule has 1 amide bonds. The molecule has 33 heavy (non-hydrogen) atoms. The topological polar surface area (TPSA) is 32.3 Å². The number of carbonyl (C=O) groups excluding carboxylic acids is 1. The highest BCUT2D eigenvalue weighted by molar-refractivity contribution is 6.35. The Morgan fingerprint density at radius 2 is 1.64 bits per heavy atom. The first kappa shape index (κ1) is 23.9. The summed E-state index contributed by atoms with van der Waals surface area (Å²) in [6, 6.07) is 19.2. The molecule has 2 atom stereocenters. The first-order valence-corrected chi connectivity index (χ1v) is 12.0. The fourth-order valence-electron chi connectivity index (χ4n) is 4.39. The molecule has 0 aliphatic carbocycles. The Balaban J connectivity index is 1.45. The summed E-state index contributed by atoms with van der Waals surface area (Å²) < 4.78 is 13.1. The summed E-state index contributed by atoms with van der Waals surface area (Å²) in [5, 5.41) is 4.93. The highest BCUT2D eigenvalue weighted by Gasteiger charge is 2.30. The van der Waals surface area contributed by atoms with Crippen LogP contribution in [0.2, 0.25) is 15.1 Å². The lowest BCUT2D eigenvalue weighted by Crippen LogP contribution is -2.39. The molecule has 7 heteroatoms. The summed E-state index contributed by atoms with van der Waals surface area (Å²) in [6.45, 7) is 1.39. The van der Waals surface area contributed by atoms with Gasteiger partial charge in [0, 0.05) is 39.4 Å². The lowest BCUT2D eigenvalue weighted by molar-refractivity contribution is 0.0950. The lowest BCUT2D eigenvalue weighted by atomic mass is 9.86. The minimum absolute atomic E-state index is 0.126. The van der Waals surface area contributed by atoms with Crippen molar-refractivity contribution in [1.82, 2.24) is 5.32 Å². The summed E-state index contributed by atoms with van der Waals surface area (Å²) in [5.41, 5.74) is 2.59. The van der Waals surface area contributed by atoms with Gasteiger partial charge in [-0.2, -0.15) is 0 Å². The van der Waals surface area contributed by atoms with Crippen molar-refractivity contribution in [1.29, 1.82) is 0 Å². The summed E-state index contributed by atoms with van der Waals surface area (Å²) in [7, 11) is 0. The van der Waals surface area contributed by atoms with Gasteiger partial charge in [-0.15, -0.1) is 0 Å². The molecule has 172 valence electrons. The third kappa shape index (κ3) is 6.00.